The quantitative estimate of drug-likeness (QED) is 0.445. The molecule has 1 aromatic carbocycles. The van der Waals surface area contributed by atoms with E-state index in [9.17, 15) is 14.4 Å². The zero-order valence-electron chi connectivity index (χ0n) is 13.2. The summed E-state index contributed by atoms with van der Waals surface area (Å²) in [6, 6.07) is 5.12. The predicted octanol–water partition coefficient (Wildman–Crippen LogP) is 0.745. The molecule has 0 heterocycles. The first kappa shape index (κ1) is 19.7. The number of carbonyl (C=O) groups excluding carboxylic acids is 3. The number of urea groups is 1. The molecule has 0 aromatic heterocycles. The molecule has 8 nitrogen and oxygen atoms in total. The van der Waals surface area contributed by atoms with Crippen molar-refractivity contribution in [3.8, 4) is 0 Å². The van der Waals surface area contributed by atoms with Gasteiger partial charge in [-0.15, -0.1) is 0 Å². The Balaban J connectivity index is 2.53. The van der Waals surface area contributed by atoms with E-state index in [0.717, 1.165) is 0 Å². The Morgan fingerprint density at radius 2 is 1.92 bits per heavy atom. The van der Waals surface area contributed by atoms with Crippen molar-refractivity contribution in [3.05, 3.63) is 34.9 Å². The van der Waals surface area contributed by atoms with Crippen molar-refractivity contribution in [1.29, 1.82) is 0 Å². The Bertz CT molecular complexity index is 565. The lowest BCUT2D eigenvalue weighted by atomic mass is 10.0. The van der Waals surface area contributed by atoms with E-state index >= 15 is 0 Å². The lowest BCUT2D eigenvalue weighted by molar-refractivity contribution is -0.149. The summed E-state index contributed by atoms with van der Waals surface area (Å²) in [6.07, 6.45) is -0.171. The van der Waals surface area contributed by atoms with Crippen molar-refractivity contribution in [1.82, 2.24) is 10.6 Å². The first-order chi connectivity index (χ1) is 11.4. The van der Waals surface area contributed by atoms with E-state index in [0.29, 0.717) is 23.7 Å². The number of amides is 3. The van der Waals surface area contributed by atoms with Gasteiger partial charge < -0.3 is 25.8 Å². The minimum atomic E-state index is -0.778. The Hall–Kier alpha value is -2.32. The highest BCUT2D eigenvalue weighted by atomic mass is 35.5. The minimum absolute atomic E-state index is 0.171. The average molecular weight is 358 g/mol. The number of primary amides is 1. The molecule has 0 spiro atoms. The molecule has 0 saturated carbocycles. The van der Waals surface area contributed by atoms with Crippen LogP contribution in [-0.2, 0) is 19.1 Å². The van der Waals surface area contributed by atoms with Crippen molar-refractivity contribution < 1.29 is 23.9 Å². The van der Waals surface area contributed by atoms with E-state index in [2.05, 4.69) is 10.6 Å². The first-order valence-electron chi connectivity index (χ1n) is 7.15. The second-order valence-electron chi connectivity index (χ2n) is 4.82. The van der Waals surface area contributed by atoms with Gasteiger partial charge in [0.1, 0.15) is 0 Å². The van der Waals surface area contributed by atoms with E-state index in [1.54, 1.807) is 24.3 Å². The van der Waals surface area contributed by atoms with E-state index in [4.69, 9.17) is 26.8 Å². The van der Waals surface area contributed by atoms with Crippen molar-refractivity contribution in [3.63, 3.8) is 0 Å². The predicted molar refractivity (Wildman–Crippen MR) is 87.4 cm³/mol. The van der Waals surface area contributed by atoms with Crippen LogP contribution in [0.25, 0.3) is 0 Å². The van der Waals surface area contributed by atoms with Crippen LogP contribution in [0.3, 0.4) is 0 Å². The molecule has 0 radical (unpaired) electrons. The van der Waals surface area contributed by atoms with Gasteiger partial charge in [-0.3, -0.25) is 9.59 Å². The highest BCUT2D eigenvalue weighted by molar-refractivity contribution is 6.30. The van der Waals surface area contributed by atoms with Crippen molar-refractivity contribution in [2.75, 3.05) is 26.9 Å². The number of nitrogens with two attached hydrogens (primary N) is 1. The largest absolute Gasteiger partial charge is 0.456 e. The topological polar surface area (TPSA) is 120 Å². The fraction of sp³-hybridized carbons (Fsp3) is 0.400. The monoisotopic (exact) mass is 357 g/mol. The van der Waals surface area contributed by atoms with Crippen LogP contribution in [-0.4, -0.2) is 44.8 Å². The molecule has 0 aliphatic carbocycles. The molecule has 4 N–H and O–H groups in total. The number of nitrogens with one attached hydrogen (secondary N) is 2. The number of ether oxygens (including phenoxy) is 2. The molecule has 0 aliphatic rings. The van der Waals surface area contributed by atoms with Crippen LogP contribution in [0.1, 0.15) is 18.0 Å². The summed E-state index contributed by atoms with van der Waals surface area (Å²) in [5.74, 6) is -1.09. The summed E-state index contributed by atoms with van der Waals surface area (Å²) in [5.41, 5.74) is 5.76. The van der Waals surface area contributed by atoms with E-state index < -0.39 is 30.6 Å². The Morgan fingerprint density at radius 3 is 2.50 bits per heavy atom. The van der Waals surface area contributed by atoms with Gasteiger partial charge in [0.15, 0.2) is 6.61 Å². The average Bonchev–Trinajstić information content (AvgIpc) is 2.53. The van der Waals surface area contributed by atoms with Crippen LogP contribution < -0.4 is 16.4 Å². The molecular weight excluding hydrogens is 338 g/mol. The first-order valence-corrected chi connectivity index (χ1v) is 7.53. The molecule has 9 heteroatoms. The summed E-state index contributed by atoms with van der Waals surface area (Å²) in [6.45, 7) is 0.275. The van der Waals surface area contributed by atoms with Gasteiger partial charge >= 0.3 is 12.0 Å². The van der Waals surface area contributed by atoms with Gasteiger partial charge in [-0.05, 0) is 17.7 Å². The maximum atomic E-state index is 11.9. The third-order valence-electron chi connectivity index (χ3n) is 2.95. The molecule has 132 valence electrons. The van der Waals surface area contributed by atoms with Crippen LogP contribution in [0.5, 0.6) is 0 Å². The molecule has 24 heavy (non-hydrogen) atoms. The van der Waals surface area contributed by atoms with Crippen LogP contribution >= 0.6 is 11.6 Å². The molecule has 0 unspecified atom stereocenters. The smallest absolute Gasteiger partial charge is 0.312 e. The molecule has 1 rings (SSSR count). The Morgan fingerprint density at radius 1 is 1.25 bits per heavy atom. The molecular formula is C15H20ClN3O5. The molecule has 1 atom stereocenters. The number of esters is 1. The molecule has 3 amide bonds. The second kappa shape index (κ2) is 10.5. The third-order valence-corrected chi connectivity index (χ3v) is 3.20. The SMILES string of the molecule is COCCNC(=O)COC(=O)C[C@@H](NC(N)=O)c1ccc(Cl)cc1. The van der Waals surface area contributed by atoms with E-state index in [-0.39, 0.29) is 6.42 Å². The van der Waals surface area contributed by atoms with E-state index in [1.807, 2.05) is 0 Å². The summed E-state index contributed by atoms with van der Waals surface area (Å²) < 4.78 is 9.66. The lowest BCUT2D eigenvalue weighted by Crippen LogP contribution is -2.35. The van der Waals surface area contributed by atoms with E-state index in [1.165, 1.54) is 7.11 Å². The second-order valence-corrected chi connectivity index (χ2v) is 5.26. The van der Waals surface area contributed by atoms with Crippen molar-refractivity contribution >= 4 is 29.5 Å². The van der Waals surface area contributed by atoms with Crippen LogP contribution in [0.4, 0.5) is 4.79 Å². The lowest BCUT2D eigenvalue weighted by Gasteiger charge is -2.17. The minimum Gasteiger partial charge on any atom is -0.456 e. The summed E-state index contributed by atoms with van der Waals surface area (Å²) in [4.78, 5) is 34.4. The number of halogens is 1. The number of hydrogen-bond acceptors (Lipinski definition) is 5. The summed E-state index contributed by atoms with van der Waals surface area (Å²) in [7, 11) is 1.51. The van der Waals surface area contributed by atoms with Crippen LogP contribution in [0.15, 0.2) is 24.3 Å². The number of benzene rings is 1. The van der Waals surface area contributed by atoms with Crippen molar-refractivity contribution in [2.45, 2.75) is 12.5 Å². The van der Waals surface area contributed by atoms with Gasteiger partial charge in [-0.2, -0.15) is 0 Å². The Kier molecular flexibility index (Phi) is 8.59. The summed E-state index contributed by atoms with van der Waals surface area (Å²) in [5, 5.41) is 5.49. The standard InChI is InChI=1S/C15H20ClN3O5/c1-23-7-6-18-13(20)9-24-14(21)8-12(19-15(17)22)10-2-4-11(16)5-3-10/h2-5,12H,6-9H2,1H3,(H,18,20)(H3,17,19,22)/t12-/m1/s1. The fourth-order valence-electron chi connectivity index (χ4n) is 1.83. The fourth-order valence-corrected chi connectivity index (χ4v) is 1.96. The van der Waals surface area contributed by atoms with Crippen molar-refractivity contribution in [2.24, 2.45) is 5.73 Å². The highest BCUT2D eigenvalue weighted by Crippen LogP contribution is 2.19. The van der Waals surface area contributed by atoms with Gasteiger partial charge in [0.05, 0.1) is 19.1 Å². The maximum absolute atomic E-state index is 11.9. The molecule has 1 aromatic rings. The Labute approximate surface area is 144 Å². The van der Waals surface area contributed by atoms with Gasteiger partial charge in [0.2, 0.25) is 0 Å². The van der Waals surface area contributed by atoms with Gasteiger partial charge in [-0.25, -0.2) is 4.79 Å². The molecule has 0 fully saturated rings. The van der Waals surface area contributed by atoms with Gasteiger partial charge in [-0.1, -0.05) is 23.7 Å². The zero-order valence-corrected chi connectivity index (χ0v) is 14.0. The highest BCUT2D eigenvalue weighted by Gasteiger charge is 2.19. The summed E-state index contributed by atoms with van der Waals surface area (Å²) >= 11 is 5.81. The van der Waals surface area contributed by atoms with Crippen LogP contribution in [0.2, 0.25) is 5.02 Å². The normalized spacial score (nSPS) is 11.4. The number of rotatable bonds is 9. The third kappa shape index (κ3) is 7.80. The molecule has 0 aliphatic heterocycles. The zero-order chi connectivity index (χ0) is 17.9. The van der Waals surface area contributed by atoms with Gasteiger partial charge in [0.25, 0.3) is 5.91 Å². The molecule has 0 saturated heterocycles. The number of methoxy groups -OCH3 is 1. The van der Waals surface area contributed by atoms with Crippen LogP contribution in [0, 0.1) is 0 Å². The maximum Gasteiger partial charge on any atom is 0.312 e. The number of carbonyl (C=O) groups is 3. The number of hydrogen-bond donors (Lipinski definition) is 3. The van der Waals surface area contributed by atoms with Gasteiger partial charge in [0, 0.05) is 18.7 Å². The molecule has 0 bridgehead atoms.